The number of carbonyl (C=O) groups excluding carboxylic acids is 1. The molecule has 1 amide bonds. The molecule has 0 spiro atoms. The van der Waals surface area contributed by atoms with Gasteiger partial charge in [0.05, 0.1) is 0 Å². The maximum absolute atomic E-state index is 12.2. The van der Waals surface area contributed by atoms with Crippen LogP contribution in [0, 0.1) is 0 Å². The quantitative estimate of drug-likeness (QED) is 0.594. The standard InChI is InChI=1S/C21H22ClN3O2S/c1-25(2)11-10-23-20(26)19-14-28-21(24-19)16-6-8-18(9-7-16)27-13-15-4-3-5-17(22)12-15/h3-9,12,14H,10-11,13H2,1-2H3,(H,23,26). The lowest BCUT2D eigenvalue weighted by atomic mass is 10.2. The van der Waals surface area contributed by atoms with Crippen LogP contribution in [0.5, 0.6) is 5.75 Å². The molecule has 28 heavy (non-hydrogen) atoms. The number of hydrogen-bond donors (Lipinski definition) is 1. The molecule has 1 aromatic heterocycles. The van der Waals surface area contributed by atoms with Crippen molar-refractivity contribution in [2.24, 2.45) is 0 Å². The first-order valence-corrected chi connectivity index (χ1v) is 10.1. The van der Waals surface area contributed by atoms with E-state index in [-0.39, 0.29) is 5.91 Å². The van der Waals surface area contributed by atoms with Gasteiger partial charge in [-0.25, -0.2) is 4.98 Å². The second-order valence-electron chi connectivity index (χ2n) is 6.54. The average molecular weight is 416 g/mol. The van der Waals surface area contributed by atoms with E-state index in [0.29, 0.717) is 23.9 Å². The van der Waals surface area contributed by atoms with Gasteiger partial charge in [-0.2, -0.15) is 0 Å². The molecule has 2 aromatic carbocycles. The molecule has 0 unspecified atom stereocenters. The Hall–Kier alpha value is -2.41. The van der Waals surface area contributed by atoms with Crippen LogP contribution in [-0.2, 0) is 6.61 Å². The van der Waals surface area contributed by atoms with Crippen molar-refractivity contribution in [2.75, 3.05) is 27.2 Å². The second-order valence-corrected chi connectivity index (χ2v) is 7.83. The molecule has 0 saturated carbocycles. The number of nitrogens with zero attached hydrogens (tertiary/aromatic N) is 2. The number of thiazole rings is 1. The van der Waals surface area contributed by atoms with Crippen molar-refractivity contribution in [2.45, 2.75) is 6.61 Å². The van der Waals surface area contributed by atoms with Crippen molar-refractivity contribution in [1.29, 1.82) is 0 Å². The van der Waals surface area contributed by atoms with Crippen molar-refractivity contribution in [3.05, 3.63) is 70.2 Å². The smallest absolute Gasteiger partial charge is 0.270 e. The highest BCUT2D eigenvalue weighted by Crippen LogP contribution is 2.26. The number of nitrogens with one attached hydrogen (secondary N) is 1. The lowest BCUT2D eigenvalue weighted by Crippen LogP contribution is -2.31. The van der Waals surface area contributed by atoms with Crippen LogP contribution >= 0.6 is 22.9 Å². The normalized spacial score (nSPS) is 10.9. The number of benzene rings is 2. The number of ether oxygens (including phenoxy) is 1. The van der Waals surface area contributed by atoms with Gasteiger partial charge in [0.2, 0.25) is 0 Å². The molecule has 0 atom stereocenters. The molecule has 1 heterocycles. The highest BCUT2D eigenvalue weighted by Gasteiger charge is 2.11. The van der Waals surface area contributed by atoms with Gasteiger partial charge in [0, 0.05) is 29.1 Å². The summed E-state index contributed by atoms with van der Waals surface area (Å²) in [5.74, 6) is 0.618. The number of amides is 1. The van der Waals surface area contributed by atoms with Gasteiger partial charge in [0.15, 0.2) is 0 Å². The number of rotatable bonds is 8. The van der Waals surface area contributed by atoms with Crippen LogP contribution in [0.25, 0.3) is 10.6 Å². The van der Waals surface area contributed by atoms with E-state index in [4.69, 9.17) is 16.3 Å². The summed E-state index contributed by atoms with van der Waals surface area (Å²) in [6, 6.07) is 15.3. The first kappa shape index (κ1) is 20.3. The molecule has 5 nitrogen and oxygen atoms in total. The SMILES string of the molecule is CN(C)CCNC(=O)c1csc(-c2ccc(OCc3cccc(Cl)c3)cc2)n1. The van der Waals surface area contributed by atoms with Crippen LogP contribution in [0.1, 0.15) is 16.1 Å². The summed E-state index contributed by atoms with van der Waals surface area (Å²) in [6.07, 6.45) is 0. The fourth-order valence-corrected chi connectivity index (χ4v) is 3.50. The monoisotopic (exact) mass is 415 g/mol. The second kappa shape index (κ2) is 9.68. The fourth-order valence-electron chi connectivity index (χ4n) is 2.48. The van der Waals surface area contributed by atoms with Crippen molar-refractivity contribution in [3.63, 3.8) is 0 Å². The Morgan fingerprint density at radius 2 is 2.00 bits per heavy atom. The molecular weight excluding hydrogens is 394 g/mol. The molecule has 0 aliphatic rings. The van der Waals surface area contributed by atoms with Crippen LogP contribution in [0.4, 0.5) is 0 Å². The summed E-state index contributed by atoms with van der Waals surface area (Å²) in [5, 5.41) is 6.16. The number of carbonyl (C=O) groups is 1. The van der Waals surface area contributed by atoms with E-state index in [9.17, 15) is 4.79 Å². The van der Waals surface area contributed by atoms with Gasteiger partial charge in [0.25, 0.3) is 5.91 Å². The molecule has 1 N–H and O–H groups in total. The third-order valence-corrected chi connectivity index (χ3v) is 5.10. The average Bonchev–Trinajstić information content (AvgIpc) is 3.17. The predicted octanol–water partition coefficient (Wildman–Crippen LogP) is 4.33. The first-order chi connectivity index (χ1) is 13.5. The third-order valence-electron chi connectivity index (χ3n) is 3.98. The summed E-state index contributed by atoms with van der Waals surface area (Å²) in [6.45, 7) is 1.84. The van der Waals surface area contributed by atoms with E-state index in [1.165, 1.54) is 11.3 Å². The summed E-state index contributed by atoms with van der Waals surface area (Å²) in [7, 11) is 3.94. The summed E-state index contributed by atoms with van der Waals surface area (Å²) < 4.78 is 5.80. The van der Waals surface area contributed by atoms with Crippen molar-refractivity contribution < 1.29 is 9.53 Å². The molecule has 0 bridgehead atoms. The number of hydrogen-bond acceptors (Lipinski definition) is 5. The van der Waals surface area contributed by atoms with Crippen LogP contribution in [0.3, 0.4) is 0 Å². The summed E-state index contributed by atoms with van der Waals surface area (Å²) in [5.41, 5.74) is 2.41. The van der Waals surface area contributed by atoms with E-state index in [2.05, 4.69) is 10.3 Å². The molecule has 0 aliphatic heterocycles. The van der Waals surface area contributed by atoms with Gasteiger partial charge in [0.1, 0.15) is 23.1 Å². The third kappa shape index (κ3) is 5.79. The van der Waals surface area contributed by atoms with E-state index in [0.717, 1.165) is 28.4 Å². The van der Waals surface area contributed by atoms with E-state index < -0.39 is 0 Å². The molecule has 0 saturated heterocycles. The lowest BCUT2D eigenvalue weighted by Gasteiger charge is -2.09. The largest absolute Gasteiger partial charge is 0.489 e. The topological polar surface area (TPSA) is 54.5 Å². The van der Waals surface area contributed by atoms with E-state index in [1.807, 2.05) is 67.5 Å². The Bertz CT molecular complexity index is 925. The van der Waals surface area contributed by atoms with Gasteiger partial charge in [-0.15, -0.1) is 11.3 Å². The Morgan fingerprint density at radius 3 is 2.71 bits per heavy atom. The maximum atomic E-state index is 12.2. The molecule has 0 aliphatic carbocycles. The van der Waals surface area contributed by atoms with Crippen molar-refractivity contribution in [3.8, 4) is 16.3 Å². The highest BCUT2D eigenvalue weighted by molar-refractivity contribution is 7.13. The minimum Gasteiger partial charge on any atom is -0.489 e. The Labute approximate surface area is 173 Å². The maximum Gasteiger partial charge on any atom is 0.270 e. The summed E-state index contributed by atoms with van der Waals surface area (Å²) >= 11 is 7.44. The van der Waals surface area contributed by atoms with Gasteiger partial charge in [-0.3, -0.25) is 4.79 Å². The highest BCUT2D eigenvalue weighted by atomic mass is 35.5. The van der Waals surface area contributed by atoms with Gasteiger partial charge < -0.3 is 15.0 Å². The number of aromatic nitrogens is 1. The Balaban J connectivity index is 1.57. The molecule has 0 radical (unpaired) electrons. The minimum atomic E-state index is -0.147. The van der Waals surface area contributed by atoms with Crippen molar-refractivity contribution >= 4 is 28.8 Å². The lowest BCUT2D eigenvalue weighted by molar-refractivity contribution is 0.0947. The zero-order valence-corrected chi connectivity index (χ0v) is 17.4. The molecule has 3 aromatic rings. The Kier molecular flexibility index (Phi) is 7.03. The van der Waals surface area contributed by atoms with Crippen molar-refractivity contribution in [1.82, 2.24) is 15.2 Å². The predicted molar refractivity (Wildman–Crippen MR) is 114 cm³/mol. The number of halogens is 1. The molecule has 146 valence electrons. The van der Waals surface area contributed by atoms with E-state index in [1.54, 1.807) is 5.38 Å². The van der Waals surface area contributed by atoms with Gasteiger partial charge in [-0.05, 0) is 56.1 Å². The Morgan fingerprint density at radius 1 is 1.21 bits per heavy atom. The fraction of sp³-hybridized carbons (Fsp3) is 0.238. The minimum absolute atomic E-state index is 0.147. The molecular formula is C21H22ClN3O2S. The molecule has 0 fully saturated rings. The number of likely N-dealkylation sites (N-methyl/N-ethyl adjacent to an activating group) is 1. The molecule has 3 rings (SSSR count). The molecule has 7 heteroatoms. The first-order valence-electron chi connectivity index (χ1n) is 8.87. The zero-order chi connectivity index (χ0) is 19.9. The van der Waals surface area contributed by atoms with E-state index >= 15 is 0 Å². The summed E-state index contributed by atoms with van der Waals surface area (Å²) in [4.78, 5) is 18.6. The van der Waals surface area contributed by atoms with Crippen LogP contribution in [-0.4, -0.2) is 43.0 Å². The zero-order valence-electron chi connectivity index (χ0n) is 15.8. The van der Waals surface area contributed by atoms with Crippen LogP contribution < -0.4 is 10.1 Å². The van der Waals surface area contributed by atoms with Gasteiger partial charge >= 0.3 is 0 Å². The van der Waals surface area contributed by atoms with Gasteiger partial charge in [-0.1, -0.05) is 23.7 Å². The van der Waals surface area contributed by atoms with Crippen LogP contribution in [0.15, 0.2) is 53.9 Å². The van der Waals surface area contributed by atoms with Crippen LogP contribution in [0.2, 0.25) is 5.02 Å².